The quantitative estimate of drug-likeness (QED) is 0.732. The van der Waals surface area contributed by atoms with E-state index in [4.69, 9.17) is 5.11 Å². The summed E-state index contributed by atoms with van der Waals surface area (Å²) in [5.41, 5.74) is 0. The van der Waals surface area contributed by atoms with Gasteiger partial charge in [0.2, 0.25) is 0 Å². The van der Waals surface area contributed by atoms with Gasteiger partial charge in [0.15, 0.2) is 0 Å². The number of piperidine rings is 1. The van der Waals surface area contributed by atoms with Gasteiger partial charge in [-0.3, -0.25) is 4.79 Å². The Labute approximate surface area is 90.0 Å². The van der Waals surface area contributed by atoms with Crippen molar-refractivity contribution in [2.75, 3.05) is 31.6 Å². The van der Waals surface area contributed by atoms with Gasteiger partial charge in [-0.1, -0.05) is 0 Å². The van der Waals surface area contributed by atoms with E-state index >= 15 is 0 Å². The molecule has 1 rings (SSSR count). The Morgan fingerprint density at radius 3 is 2.73 bits per heavy atom. The summed E-state index contributed by atoms with van der Waals surface area (Å²) < 4.78 is 21.9. The molecule has 1 aliphatic rings. The second-order valence-electron chi connectivity index (χ2n) is 4.11. The Morgan fingerprint density at radius 2 is 2.20 bits per heavy atom. The Hall–Kier alpha value is -0.620. The fourth-order valence-electron chi connectivity index (χ4n) is 1.76. The normalized spacial score (nSPS) is 23.9. The van der Waals surface area contributed by atoms with Gasteiger partial charge in [-0.2, -0.15) is 0 Å². The zero-order chi connectivity index (χ0) is 11.5. The van der Waals surface area contributed by atoms with Crippen molar-refractivity contribution in [1.29, 1.82) is 0 Å². The third-order valence-electron chi connectivity index (χ3n) is 2.63. The van der Waals surface area contributed by atoms with Gasteiger partial charge in [0.05, 0.1) is 11.7 Å². The summed E-state index contributed by atoms with van der Waals surface area (Å²) in [6.45, 7) is 1.73. The molecule has 0 aromatic carbocycles. The second kappa shape index (κ2) is 4.94. The number of likely N-dealkylation sites (tertiary alicyclic amines) is 1. The molecule has 0 aromatic heterocycles. The molecule has 1 unspecified atom stereocenters. The highest BCUT2D eigenvalue weighted by atomic mass is 32.2. The van der Waals surface area contributed by atoms with E-state index in [1.54, 1.807) is 0 Å². The monoisotopic (exact) mass is 235 g/mol. The Kier molecular flexibility index (Phi) is 4.10. The zero-order valence-electron chi connectivity index (χ0n) is 8.85. The number of hydrogen-bond donors (Lipinski definition) is 1. The van der Waals surface area contributed by atoms with Gasteiger partial charge in [0.1, 0.15) is 9.84 Å². The molecule has 1 saturated heterocycles. The minimum Gasteiger partial charge on any atom is -0.481 e. The van der Waals surface area contributed by atoms with Crippen molar-refractivity contribution < 1.29 is 18.3 Å². The van der Waals surface area contributed by atoms with E-state index in [-0.39, 0.29) is 11.7 Å². The predicted molar refractivity (Wildman–Crippen MR) is 56.5 cm³/mol. The molecule has 0 bridgehead atoms. The van der Waals surface area contributed by atoms with Crippen molar-refractivity contribution in [3.05, 3.63) is 0 Å². The van der Waals surface area contributed by atoms with Gasteiger partial charge in [-0.05, 0) is 19.4 Å². The number of aliphatic carboxylic acids is 1. The van der Waals surface area contributed by atoms with Crippen LogP contribution in [0.1, 0.15) is 12.8 Å². The number of nitrogens with zero attached hydrogens (tertiary/aromatic N) is 1. The molecule has 15 heavy (non-hydrogen) atoms. The third-order valence-corrected chi connectivity index (χ3v) is 3.56. The van der Waals surface area contributed by atoms with Crippen molar-refractivity contribution in [3.63, 3.8) is 0 Å². The lowest BCUT2D eigenvalue weighted by Gasteiger charge is -2.30. The molecule has 1 N–H and O–H groups in total. The van der Waals surface area contributed by atoms with Crippen LogP contribution >= 0.6 is 0 Å². The maximum absolute atomic E-state index is 10.9. The summed E-state index contributed by atoms with van der Waals surface area (Å²) in [4.78, 5) is 12.7. The number of sulfone groups is 1. The summed E-state index contributed by atoms with van der Waals surface area (Å²) in [6, 6.07) is 0. The molecule has 0 aromatic rings. The number of carbonyl (C=O) groups is 1. The molecule has 0 amide bonds. The number of carboxylic acid groups (broad SMARTS) is 1. The fourth-order valence-corrected chi connectivity index (χ4v) is 2.34. The van der Waals surface area contributed by atoms with E-state index in [0.717, 1.165) is 13.0 Å². The van der Waals surface area contributed by atoms with E-state index in [1.165, 1.54) is 6.26 Å². The summed E-state index contributed by atoms with van der Waals surface area (Å²) in [7, 11) is -2.95. The number of hydrogen-bond acceptors (Lipinski definition) is 4. The van der Waals surface area contributed by atoms with Gasteiger partial charge in [0, 0.05) is 19.3 Å². The molecular weight excluding hydrogens is 218 g/mol. The van der Waals surface area contributed by atoms with Crippen LogP contribution < -0.4 is 0 Å². The summed E-state index contributed by atoms with van der Waals surface area (Å²) in [6.07, 6.45) is 2.73. The largest absolute Gasteiger partial charge is 0.481 e. The molecule has 1 fully saturated rings. The fraction of sp³-hybridized carbons (Fsp3) is 0.889. The lowest BCUT2D eigenvalue weighted by Crippen LogP contribution is -2.40. The average molecular weight is 235 g/mol. The molecular formula is C9H17NO4S. The second-order valence-corrected chi connectivity index (χ2v) is 6.37. The molecule has 1 heterocycles. The van der Waals surface area contributed by atoms with Crippen molar-refractivity contribution in [2.45, 2.75) is 12.8 Å². The summed E-state index contributed by atoms with van der Waals surface area (Å²) in [5, 5.41) is 8.84. The van der Waals surface area contributed by atoms with Crippen molar-refractivity contribution >= 4 is 15.8 Å². The lowest BCUT2D eigenvalue weighted by molar-refractivity contribution is -0.143. The standard InChI is InChI=1S/C9H17NO4S/c1-15(13,14)6-5-10-4-2-3-8(7-10)9(11)12/h8H,2-7H2,1H3,(H,11,12). The van der Waals surface area contributed by atoms with Crippen LogP contribution in [0.3, 0.4) is 0 Å². The molecule has 0 spiro atoms. The van der Waals surface area contributed by atoms with Crippen LogP contribution in [-0.2, 0) is 14.6 Å². The van der Waals surface area contributed by atoms with E-state index in [2.05, 4.69) is 0 Å². The average Bonchev–Trinajstić information content (AvgIpc) is 2.14. The van der Waals surface area contributed by atoms with E-state index in [9.17, 15) is 13.2 Å². The molecule has 0 radical (unpaired) electrons. The first-order valence-electron chi connectivity index (χ1n) is 5.01. The van der Waals surface area contributed by atoms with Crippen molar-refractivity contribution in [3.8, 4) is 0 Å². The summed E-state index contributed by atoms with van der Waals surface area (Å²) >= 11 is 0. The first-order chi connectivity index (χ1) is 6.88. The minimum atomic E-state index is -2.95. The van der Waals surface area contributed by atoms with Crippen molar-refractivity contribution in [2.24, 2.45) is 5.92 Å². The molecule has 0 aliphatic carbocycles. The van der Waals surface area contributed by atoms with E-state index in [1.807, 2.05) is 4.90 Å². The molecule has 1 atom stereocenters. The first-order valence-corrected chi connectivity index (χ1v) is 7.07. The van der Waals surface area contributed by atoms with Crippen molar-refractivity contribution in [1.82, 2.24) is 4.90 Å². The molecule has 1 aliphatic heterocycles. The van der Waals surface area contributed by atoms with Gasteiger partial charge < -0.3 is 10.0 Å². The summed E-state index contributed by atoms with van der Waals surface area (Å²) in [5.74, 6) is -1.00. The molecule has 88 valence electrons. The van der Waals surface area contributed by atoms with Crippen LogP contribution in [0.15, 0.2) is 0 Å². The van der Waals surface area contributed by atoms with Gasteiger partial charge in [-0.15, -0.1) is 0 Å². The highest BCUT2D eigenvalue weighted by molar-refractivity contribution is 7.90. The van der Waals surface area contributed by atoms with Crippen LogP contribution in [0.5, 0.6) is 0 Å². The maximum atomic E-state index is 10.9. The van der Waals surface area contributed by atoms with Crippen LogP contribution in [-0.4, -0.2) is 56.0 Å². The van der Waals surface area contributed by atoms with Crippen LogP contribution in [0.25, 0.3) is 0 Å². The Balaban J connectivity index is 2.40. The zero-order valence-corrected chi connectivity index (χ0v) is 9.66. The van der Waals surface area contributed by atoms with Gasteiger partial charge in [-0.25, -0.2) is 8.42 Å². The third kappa shape index (κ3) is 4.61. The topological polar surface area (TPSA) is 74.7 Å². The number of rotatable bonds is 4. The van der Waals surface area contributed by atoms with Gasteiger partial charge in [0.25, 0.3) is 0 Å². The van der Waals surface area contributed by atoms with Crippen LogP contribution in [0.4, 0.5) is 0 Å². The SMILES string of the molecule is CS(=O)(=O)CCN1CCCC(C(=O)O)C1. The lowest BCUT2D eigenvalue weighted by atomic mass is 9.98. The molecule has 0 saturated carbocycles. The molecule has 5 nitrogen and oxygen atoms in total. The smallest absolute Gasteiger partial charge is 0.307 e. The highest BCUT2D eigenvalue weighted by Crippen LogP contribution is 2.16. The minimum absolute atomic E-state index is 0.110. The highest BCUT2D eigenvalue weighted by Gasteiger charge is 2.25. The van der Waals surface area contributed by atoms with E-state index in [0.29, 0.717) is 19.5 Å². The first kappa shape index (κ1) is 12.4. The maximum Gasteiger partial charge on any atom is 0.307 e. The number of carboxylic acids is 1. The Morgan fingerprint density at radius 1 is 1.53 bits per heavy atom. The Bertz CT molecular complexity index is 325. The van der Waals surface area contributed by atoms with Crippen LogP contribution in [0.2, 0.25) is 0 Å². The predicted octanol–water partition coefficient (Wildman–Crippen LogP) is -0.172. The molecule has 6 heteroatoms. The van der Waals surface area contributed by atoms with E-state index < -0.39 is 15.8 Å². The van der Waals surface area contributed by atoms with Gasteiger partial charge >= 0.3 is 5.97 Å². The van der Waals surface area contributed by atoms with Crippen LogP contribution in [0, 0.1) is 5.92 Å².